The molecule has 230 valence electrons. The van der Waals surface area contributed by atoms with Gasteiger partial charge in [-0.15, -0.1) is 0 Å². The molecule has 0 aliphatic heterocycles. The van der Waals surface area contributed by atoms with Crippen molar-refractivity contribution in [2.75, 3.05) is 36.9 Å². The van der Waals surface area contributed by atoms with Crippen LogP contribution in [0.3, 0.4) is 0 Å². The highest BCUT2D eigenvalue weighted by Crippen LogP contribution is 2.36. The van der Waals surface area contributed by atoms with Gasteiger partial charge in [0.15, 0.2) is 0 Å². The molecule has 1 aromatic heterocycles. The van der Waals surface area contributed by atoms with Crippen LogP contribution in [0.15, 0.2) is 48.8 Å². The van der Waals surface area contributed by atoms with Gasteiger partial charge in [0.25, 0.3) is 0 Å². The van der Waals surface area contributed by atoms with Crippen molar-refractivity contribution in [3.05, 3.63) is 59.7 Å². The predicted octanol–water partition coefficient (Wildman–Crippen LogP) is 5.47. The summed E-state index contributed by atoms with van der Waals surface area (Å²) in [6.07, 6.45) is 5.89. The minimum atomic E-state index is -0.676. The maximum Gasteiger partial charge on any atom is 0.320 e. The Morgan fingerprint density at radius 2 is 2.00 bits per heavy atom. The zero-order valence-corrected chi connectivity index (χ0v) is 25.4. The Balaban J connectivity index is 1.52. The van der Waals surface area contributed by atoms with Crippen molar-refractivity contribution < 1.29 is 28.6 Å². The second-order valence-electron chi connectivity index (χ2n) is 11.6. The third kappa shape index (κ3) is 10.2. The highest BCUT2D eigenvalue weighted by Gasteiger charge is 2.23. The largest absolute Gasteiger partial charge is 0.491 e. The Hall–Kier alpha value is -3.80. The summed E-state index contributed by atoms with van der Waals surface area (Å²) in [7, 11) is 0. The molecule has 1 amide bonds. The average molecular weight is 614 g/mol. The van der Waals surface area contributed by atoms with Crippen LogP contribution in [0.5, 0.6) is 5.75 Å². The van der Waals surface area contributed by atoms with Gasteiger partial charge < -0.3 is 25.2 Å². The Kier molecular flexibility index (Phi) is 10.5. The molecule has 10 nitrogen and oxygen atoms in total. The molecule has 0 bridgehead atoms. The van der Waals surface area contributed by atoms with Gasteiger partial charge >= 0.3 is 5.97 Å². The number of anilines is 3. The van der Waals surface area contributed by atoms with Gasteiger partial charge in [-0.05, 0) is 70.7 Å². The van der Waals surface area contributed by atoms with E-state index in [9.17, 15) is 19.1 Å². The summed E-state index contributed by atoms with van der Waals surface area (Å²) < 4.78 is 25.1. The van der Waals surface area contributed by atoms with Crippen LogP contribution in [0.1, 0.15) is 40.5 Å². The van der Waals surface area contributed by atoms with E-state index in [0.717, 1.165) is 12.8 Å². The van der Waals surface area contributed by atoms with Crippen LogP contribution < -0.4 is 15.4 Å². The van der Waals surface area contributed by atoms with Gasteiger partial charge in [0.05, 0.1) is 35.5 Å². The Labute approximate surface area is 255 Å². The van der Waals surface area contributed by atoms with Crippen LogP contribution in [0.4, 0.5) is 21.6 Å². The number of nitrogens with one attached hydrogen (secondary N) is 2. The Morgan fingerprint density at radius 1 is 1.23 bits per heavy atom. The lowest BCUT2D eigenvalue weighted by molar-refractivity contribution is -0.156. The summed E-state index contributed by atoms with van der Waals surface area (Å²) >= 11 is 5.95. The minimum absolute atomic E-state index is 0.0306. The first-order valence-electron chi connectivity index (χ1n) is 14.1. The van der Waals surface area contributed by atoms with E-state index in [4.69, 9.17) is 21.1 Å². The fourth-order valence-electron chi connectivity index (χ4n) is 4.22. The molecular weight excluding hydrogens is 577 g/mol. The number of benzene rings is 2. The minimum Gasteiger partial charge on any atom is -0.491 e. The standard InChI is InChI=1S/C31H37ClFN5O5/c1-19(39)15-38(16-29(41)43-31(2,3)4)11-5-6-28(40)37-26-13-22-25(14-27(26)42-17-20-7-8-20)34-18-35-30(22)36-21-9-10-24(33)23(32)12-21/h5-6,9-10,12-14,18-20,39H,7-8,11,15-17H2,1-4H3,(H,37,40)(H,34,35,36)/b6-5+/t19-/m0/s1. The number of carbonyl (C=O) groups excluding carboxylic acids is 2. The van der Waals surface area contributed by atoms with Crippen molar-refractivity contribution in [3.8, 4) is 5.75 Å². The highest BCUT2D eigenvalue weighted by molar-refractivity contribution is 6.31. The first kappa shape index (κ1) is 32.1. The molecule has 0 spiro atoms. The molecule has 1 fully saturated rings. The van der Waals surface area contributed by atoms with Crippen molar-refractivity contribution >= 4 is 51.6 Å². The Bertz CT molecular complexity index is 1490. The van der Waals surface area contributed by atoms with E-state index < -0.39 is 29.4 Å². The first-order chi connectivity index (χ1) is 20.4. The fourth-order valence-corrected chi connectivity index (χ4v) is 4.40. The molecule has 0 unspecified atom stereocenters. The number of carbonyl (C=O) groups is 2. The zero-order chi connectivity index (χ0) is 31.1. The van der Waals surface area contributed by atoms with Crippen LogP contribution in [0, 0.1) is 11.7 Å². The predicted molar refractivity (Wildman–Crippen MR) is 164 cm³/mol. The van der Waals surface area contributed by atoms with Crippen LogP contribution in [-0.2, 0) is 14.3 Å². The number of rotatable bonds is 13. The quantitative estimate of drug-likeness (QED) is 0.170. The SMILES string of the molecule is C[C@H](O)CN(C/C=C/C(=O)Nc1cc2c(Nc3ccc(F)c(Cl)c3)ncnc2cc1OCC1CC1)CC(=O)OC(C)(C)C. The van der Waals surface area contributed by atoms with Crippen LogP contribution >= 0.6 is 11.6 Å². The fraction of sp³-hybridized carbons (Fsp3) is 0.419. The molecule has 4 rings (SSSR count). The molecule has 12 heteroatoms. The van der Waals surface area contributed by atoms with E-state index in [1.807, 2.05) is 0 Å². The number of aliphatic hydroxyl groups excluding tert-OH is 1. The number of nitrogens with zero attached hydrogens (tertiary/aromatic N) is 3. The van der Waals surface area contributed by atoms with E-state index in [1.54, 1.807) is 56.9 Å². The molecule has 2 aromatic carbocycles. The number of ether oxygens (including phenoxy) is 2. The zero-order valence-electron chi connectivity index (χ0n) is 24.7. The maximum atomic E-state index is 13.7. The van der Waals surface area contributed by atoms with Crippen molar-refractivity contribution in [2.24, 2.45) is 5.92 Å². The van der Waals surface area contributed by atoms with Gasteiger partial charge in [0.1, 0.15) is 29.3 Å². The van der Waals surface area contributed by atoms with Crippen molar-refractivity contribution in [1.82, 2.24) is 14.9 Å². The normalized spacial score (nSPS) is 14.2. The molecule has 0 saturated heterocycles. The van der Waals surface area contributed by atoms with Gasteiger partial charge in [-0.25, -0.2) is 14.4 Å². The van der Waals surface area contributed by atoms with Gasteiger partial charge in [0, 0.05) is 36.3 Å². The lowest BCUT2D eigenvalue weighted by Crippen LogP contribution is -2.38. The second kappa shape index (κ2) is 14.1. The van der Waals surface area contributed by atoms with Crippen molar-refractivity contribution in [3.63, 3.8) is 0 Å². The first-order valence-corrected chi connectivity index (χ1v) is 14.5. The molecule has 1 saturated carbocycles. The molecular formula is C31H37ClFN5O5. The third-order valence-corrected chi connectivity index (χ3v) is 6.57. The number of fused-ring (bicyclic) bond motifs is 1. The van der Waals surface area contributed by atoms with E-state index in [2.05, 4.69) is 20.6 Å². The van der Waals surface area contributed by atoms with E-state index >= 15 is 0 Å². The number of aromatic nitrogens is 2. The number of hydrogen-bond acceptors (Lipinski definition) is 9. The molecule has 1 aliphatic rings. The van der Waals surface area contributed by atoms with Crippen LogP contribution in [-0.4, -0.2) is 69.8 Å². The summed E-state index contributed by atoms with van der Waals surface area (Å²) in [4.78, 5) is 35.7. The lowest BCUT2D eigenvalue weighted by Gasteiger charge is -2.25. The van der Waals surface area contributed by atoms with Crippen LogP contribution in [0.25, 0.3) is 10.9 Å². The molecule has 3 N–H and O–H groups in total. The summed E-state index contributed by atoms with van der Waals surface area (Å²) in [6, 6.07) is 7.71. The number of esters is 1. The smallest absolute Gasteiger partial charge is 0.320 e. The summed E-state index contributed by atoms with van der Waals surface area (Å²) in [5.74, 6) is 0.0133. The number of hydrogen-bond donors (Lipinski definition) is 3. The lowest BCUT2D eigenvalue weighted by atomic mass is 10.1. The van der Waals surface area contributed by atoms with Gasteiger partial charge in [-0.1, -0.05) is 17.7 Å². The van der Waals surface area contributed by atoms with Gasteiger partial charge in [-0.3, -0.25) is 14.5 Å². The second-order valence-corrected chi connectivity index (χ2v) is 12.0. The molecule has 1 atom stereocenters. The Morgan fingerprint density at radius 3 is 2.67 bits per heavy atom. The van der Waals surface area contributed by atoms with Crippen molar-refractivity contribution in [1.29, 1.82) is 0 Å². The van der Waals surface area contributed by atoms with Crippen molar-refractivity contribution in [2.45, 2.75) is 52.2 Å². The number of halogens is 2. The molecule has 43 heavy (non-hydrogen) atoms. The van der Waals surface area contributed by atoms with E-state index in [-0.39, 0.29) is 24.7 Å². The summed E-state index contributed by atoms with van der Waals surface area (Å²) in [5.41, 5.74) is 0.907. The van der Waals surface area contributed by atoms with Crippen LogP contribution in [0.2, 0.25) is 5.02 Å². The molecule has 0 radical (unpaired) electrons. The maximum absolute atomic E-state index is 13.7. The monoisotopic (exact) mass is 613 g/mol. The topological polar surface area (TPSA) is 126 Å². The summed E-state index contributed by atoms with van der Waals surface area (Å²) in [6.45, 7) is 7.93. The summed E-state index contributed by atoms with van der Waals surface area (Å²) in [5, 5.41) is 16.5. The van der Waals surface area contributed by atoms with E-state index in [1.165, 1.54) is 24.5 Å². The average Bonchev–Trinajstić information content (AvgIpc) is 3.73. The molecule has 3 aromatic rings. The number of amides is 1. The molecule has 1 aliphatic carbocycles. The number of aliphatic hydroxyl groups is 1. The van der Waals surface area contributed by atoms with Gasteiger partial charge in [0.2, 0.25) is 5.91 Å². The third-order valence-electron chi connectivity index (χ3n) is 6.28. The molecule has 1 heterocycles. The van der Waals surface area contributed by atoms with Gasteiger partial charge in [-0.2, -0.15) is 0 Å². The highest BCUT2D eigenvalue weighted by atomic mass is 35.5. The van der Waals surface area contributed by atoms with E-state index in [0.29, 0.717) is 46.4 Å².